The monoisotopic (exact) mass is 316 g/mol. The first kappa shape index (κ1) is 12.2. The lowest BCUT2D eigenvalue weighted by Gasteiger charge is -2.06. The number of fused-ring (bicyclic) bond motifs is 1. The molecule has 2 aromatic carbocycles. The predicted molar refractivity (Wildman–Crippen MR) is 79.7 cm³/mol. The quantitative estimate of drug-likeness (QED) is 0.699. The van der Waals surface area contributed by atoms with Crippen molar-refractivity contribution >= 4 is 26.8 Å². The van der Waals surface area contributed by atoms with Crippen LogP contribution in [0.1, 0.15) is 5.69 Å². The molecule has 0 saturated heterocycles. The summed E-state index contributed by atoms with van der Waals surface area (Å²) in [6.07, 6.45) is 0. The van der Waals surface area contributed by atoms with E-state index in [2.05, 4.69) is 21.0 Å². The molecule has 0 saturated carbocycles. The topological polar surface area (TPSA) is 27.1 Å². The molecule has 0 spiro atoms. The fourth-order valence-electron chi connectivity index (χ4n) is 2.15. The first-order chi connectivity index (χ1) is 9.13. The molecule has 0 aliphatic heterocycles. The molecule has 0 N–H and O–H groups in total. The van der Waals surface area contributed by atoms with Gasteiger partial charge in [-0.3, -0.25) is 4.68 Å². The van der Waals surface area contributed by atoms with Crippen molar-refractivity contribution in [2.45, 2.75) is 6.92 Å². The zero-order valence-electron chi connectivity index (χ0n) is 10.7. The molecular weight excluding hydrogens is 304 g/mol. The normalized spacial score (nSPS) is 10.9. The molecule has 96 valence electrons. The SMILES string of the molecule is Cc1nn(C)c2cc(Oc3cccc(Br)c3)ccc12. The highest BCUT2D eigenvalue weighted by atomic mass is 79.9. The van der Waals surface area contributed by atoms with Crippen LogP contribution in [0.3, 0.4) is 0 Å². The number of aromatic nitrogens is 2. The van der Waals surface area contributed by atoms with Crippen molar-refractivity contribution in [2.75, 3.05) is 0 Å². The average molecular weight is 317 g/mol. The Kier molecular flexibility index (Phi) is 3.03. The van der Waals surface area contributed by atoms with Gasteiger partial charge >= 0.3 is 0 Å². The van der Waals surface area contributed by atoms with Gasteiger partial charge in [0.1, 0.15) is 11.5 Å². The maximum atomic E-state index is 5.86. The average Bonchev–Trinajstić information content (AvgIpc) is 2.65. The van der Waals surface area contributed by atoms with Gasteiger partial charge in [0.15, 0.2) is 0 Å². The third-order valence-corrected chi connectivity index (χ3v) is 3.53. The molecule has 0 unspecified atom stereocenters. The van der Waals surface area contributed by atoms with Crippen LogP contribution < -0.4 is 4.74 Å². The maximum absolute atomic E-state index is 5.86. The standard InChI is InChI=1S/C15H13BrN2O/c1-10-14-7-6-13(9-15(14)18(2)17-10)19-12-5-3-4-11(16)8-12/h3-9H,1-2H3. The molecule has 0 amide bonds. The zero-order valence-corrected chi connectivity index (χ0v) is 12.3. The molecule has 0 fully saturated rings. The molecule has 3 rings (SSSR count). The number of hydrogen-bond donors (Lipinski definition) is 0. The van der Waals surface area contributed by atoms with E-state index >= 15 is 0 Å². The second-order valence-electron chi connectivity index (χ2n) is 4.45. The summed E-state index contributed by atoms with van der Waals surface area (Å²) in [5, 5.41) is 5.56. The maximum Gasteiger partial charge on any atom is 0.129 e. The summed E-state index contributed by atoms with van der Waals surface area (Å²) >= 11 is 3.44. The fraction of sp³-hybridized carbons (Fsp3) is 0.133. The minimum absolute atomic E-state index is 0.813. The zero-order chi connectivity index (χ0) is 13.4. The lowest BCUT2D eigenvalue weighted by molar-refractivity contribution is 0.483. The second kappa shape index (κ2) is 4.70. The van der Waals surface area contributed by atoms with E-state index in [0.717, 1.165) is 32.6 Å². The molecular formula is C15H13BrN2O. The van der Waals surface area contributed by atoms with Gasteiger partial charge in [-0.1, -0.05) is 22.0 Å². The van der Waals surface area contributed by atoms with E-state index < -0.39 is 0 Å². The van der Waals surface area contributed by atoms with E-state index in [1.807, 2.05) is 61.1 Å². The van der Waals surface area contributed by atoms with Crippen LogP contribution in [0.2, 0.25) is 0 Å². The fourth-order valence-corrected chi connectivity index (χ4v) is 2.53. The van der Waals surface area contributed by atoms with Crippen LogP contribution in [0.5, 0.6) is 11.5 Å². The van der Waals surface area contributed by atoms with Crippen LogP contribution in [0, 0.1) is 6.92 Å². The molecule has 3 aromatic rings. The molecule has 19 heavy (non-hydrogen) atoms. The van der Waals surface area contributed by atoms with Gasteiger partial charge in [-0.15, -0.1) is 0 Å². The smallest absolute Gasteiger partial charge is 0.129 e. The van der Waals surface area contributed by atoms with E-state index in [4.69, 9.17) is 4.74 Å². The summed E-state index contributed by atoms with van der Waals surface area (Å²) in [6, 6.07) is 13.8. The van der Waals surface area contributed by atoms with Gasteiger partial charge in [0.05, 0.1) is 11.2 Å². The van der Waals surface area contributed by atoms with Crippen molar-refractivity contribution in [3.8, 4) is 11.5 Å². The van der Waals surface area contributed by atoms with Crippen LogP contribution in [0.4, 0.5) is 0 Å². The number of hydrogen-bond acceptors (Lipinski definition) is 2. The van der Waals surface area contributed by atoms with E-state index in [1.54, 1.807) is 0 Å². The van der Waals surface area contributed by atoms with Gasteiger partial charge in [0.25, 0.3) is 0 Å². The second-order valence-corrected chi connectivity index (χ2v) is 5.36. The van der Waals surface area contributed by atoms with Gasteiger partial charge in [-0.2, -0.15) is 5.10 Å². The highest BCUT2D eigenvalue weighted by Crippen LogP contribution is 2.28. The summed E-state index contributed by atoms with van der Waals surface area (Å²) in [4.78, 5) is 0. The van der Waals surface area contributed by atoms with Gasteiger partial charge in [-0.25, -0.2) is 0 Å². The highest BCUT2D eigenvalue weighted by molar-refractivity contribution is 9.10. The number of ether oxygens (including phenoxy) is 1. The molecule has 0 radical (unpaired) electrons. The van der Waals surface area contributed by atoms with Crippen molar-refractivity contribution in [1.82, 2.24) is 9.78 Å². The van der Waals surface area contributed by atoms with Crippen molar-refractivity contribution in [1.29, 1.82) is 0 Å². The number of halogens is 1. The lowest BCUT2D eigenvalue weighted by Crippen LogP contribution is -1.90. The van der Waals surface area contributed by atoms with Crippen LogP contribution in [0.15, 0.2) is 46.9 Å². The van der Waals surface area contributed by atoms with Gasteiger partial charge in [0.2, 0.25) is 0 Å². The van der Waals surface area contributed by atoms with Crippen molar-refractivity contribution in [2.24, 2.45) is 7.05 Å². The van der Waals surface area contributed by atoms with Crippen molar-refractivity contribution < 1.29 is 4.74 Å². The minimum atomic E-state index is 0.813. The van der Waals surface area contributed by atoms with Gasteiger partial charge < -0.3 is 4.74 Å². The summed E-state index contributed by atoms with van der Waals surface area (Å²) in [6.45, 7) is 2.01. The molecule has 0 aliphatic rings. The lowest BCUT2D eigenvalue weighted by atomic mass is 10.2. The van der Waals surface area contributed by atoms with Crippen LogP contribution in [-0.4, -0.2) is 9.78 Å². The summed E-state index contributed by atoms with van der Waals surface area (Å²) in [5.41, 5.74) is 2.11. The first-order valence-electron chi connectivity index (χ1n) is 6.00. The molecule has 4 heteroatoms. The van der Waals surface area contributed by atoms with Crippen molar-refractivity contribution in [3.63, 3.8) is 0 Å². The van der Waals surface area contributed by atoms with E-state index in [-0.39, 0.29) is 0 Å². The molecule has 0 aliphatic carbocycles. The van der Waals surface area contributed by atoms with E-state index in [0.29, 0.717) is 0 Å². The van der Waals surface area contributed by atoms with E-state index in [9.17, 15) is 0 Å². The first-order valence-corrected chi connectivity index (χ1v) is 6.79. The Bertz CT molecular complexity index is 749. The predicted octanol–water partition coefficient (Wildman–Crippen LogP) is 4.44. The van der Waals surface area contributed by atoms with Crippen LogP contribution in [0.25, 0.3) is 10.9 Å². The number of benzene rings is 2. The molecule has 3 nitrogen and oxygen atoms in total. The van der Waals surface area contributed by atoms with Crippen LogP contribution in [-0.2, 0) is 7.05 Å². The number of aryl methyl sites for hydroxylation is 2. The Morgan fingerprint density at radius 3 is 2.68 bits per heavy atom. The summed E-state index contributed by atoms with van der Waals surface area (Å²) in [5.74, 6) is 1.63. The minimum Gasteiger partial charge on any atom is -0.457 e. The Balaban J connectivity index is 2.00. The third kappa shape index (κ3) is 2.36. The molecule has 0 bridgehead atoms. The largest absolute Gasteiger partial charge is 0.457 e. The highest BCUT2D eigenvalue weighted by Gasteiger charge is 2.06. The van der Waals surface area contributed by atoms with Crippen molar-refractivity contribution in [3.05, 3.63) is 52.6 Å². The Morgan fingerprint density at radius 2 is 1.89 bits per heavy atom. The number of rotatable bonds is 2. The van der Waals surface area contributed by atoms with Gasteiger partial charge in [-0.05, 0) is 37.3 Å². The number of nitrogens with zero attached hydrogens (tertiary/aromatic N) is 2. The van der Waals surface area contributed by atoms with Gasteiger partial charge in [0, 0.05) is 23.0 Å². The molecule has 1 heterocycles. The molecule has 1 aromatic heterocycles. The van der Waals surface area contributed by atoms with Crippen LogP contribution >= 0.6 is 15.9 Å². The summed E-state index contributed by atoms with van der Waals surface area (Å²) in [7, 11) is 1.94. The Hall–Kier alpha value is -1.81. The third-order valence-electron chi connectivity index (χ3n) is 3.04. The molecule has 0 atom stereocenters. The van der Waals surface area contributed by atoms with E-state index in [1.165, 1.54) is 0 Å². The summed E-state index contributed by atoms with van der Waals surface area (Å²) < 4.78 is 8.74. The Morgan fingerprint density at radius 1 is 1.11 bits per heavy atom. The Labute approximate surface area is 119 Å².